The molecule has 1 aliphatic heterocycles. The number of halogens is 1. The highest BCUT2D eigenvalue weighted by Crippen LogP contribution is 2.33. The summed E-state index contributed by atoms with van der Waals surface area (Å²) in [6, 6.07) is 3.73. The zero-order valence-electron chi connectivity index (χ0n) is 9.46. The molecule has 0 radical (unpaired) electrons. The van der Waals surface area contributed by atoms with E-state index in [0.717, 1.165) is 30.8 Å². The molecule has 0 spiro atoms. The van der Waals surface area contributed by atoms with Gasteiger partial charge in [0.2, 0.25) is 0 Å². The number of methoxy groups -OCH3 is 2. The van der Waals surface area contributed by atoms with E-state index in [-0.39, 0.29) is 0 Å². The van der Waals surface area contributed by atoms with Gasteiger partial charge < -0.3 is 14.2 Å². The summed E-state index contributed by atoms with van der Waals surface area (Å²) in [5, 5.41) is 0.620. The molecule has 0 bridgehead atoms. The molecule has 4 heteroatoms. The standard InChI is InChI=1S/C12H15ClO3/c1-14-11-6-12(15-2)10(13)5-8(11)3-4-9-7-16-9/h5-6,9H,3-4,7H2,1-2H3. The Morgan fingerprint density at radius 3 is 2.56 bits per heavy atom. The van der Waals surface area contributed by atoms with Gasteiger partial charge in [0.1, 0.15) is 11.5 Å². The zero-order chi connectivity index (χ0) is 11.5. The summed E-state index contributed by atoms with van der Waals surface area (Å²) in [6.07, 6.45) is 2.35. The van der Waals surface area contributed by atoms with E-state index in [2.05, 4.69) is 0 Å². The van der Waals surface area contributed by atoms with E-state index in [1.54, 1.807) is 14.2 Å². The van der Waals surface area contributed by atoms with Crippen LogP contribution in [0.5, 0.6) is 11.5 Å². The highest BCUT2D eigenvalue weighted by atomic mass is 35.5. The van der Waals surface area contributed by atoms with Crippen molar-refractivity contribution in [3.8, 4) is 11.5 Å². The Labute approximate surface area is 100 Å². The topological polar surface area (TPSA) is 31.0 Å². The fourth-order valence-corrected chi connectivity index (χ4v) is 1.93. The quantitative estimate of drug-likeness (QED) is 0.744. The van der Waals surface area contributed by atoms with Crippen molar-refractivity contribution < 1.29 is 14.2 Å². The summed E-state index contributed by atoms with van der Waals surface area (Å²) < 4.78 is 15.6. The number of benzene rings is 1. The molecule has 16 heavy (non-hydrogen) atoms. The first kappa shape index (κ1) is 11.6. The van der Waals surface area contributed by atoms with Crippen LogP contribution in [0.3, 0.4) is 0 Å². The summed E-state index contributed by atoms with van der Waals surface area (Å²) >= 11 is 6.08. The van der Waals surface area contributed by atoms with Crippen LogP contribution in [0.25, 0.3) is 0 Å². The molecule has 3 nitrogen and oxygen atoms in total. The summed E-state index contributed by atoms with van der Waals surface area (Å²) in [7, 11) is 3.25. The van der Waals surface area contributed by atoms with Crippen LogP contribution in [0.2, 0.25) is 5.02 Å². The normalized spacial score (nSPS) is 18.3. The Morgan fingerprint density at radius 2 is 2.00 bits per heavy atom. The minimum absolute atomic E-state index is 0.422. The molecule has 0 aliphatic carbocycles. The number of hydrogen-bond donors (Lipinski definition) is 0. The summed E-state index contributed by atoms with van der Waals surface area (Å²) in [5.74, 6) is 1.46. The second-order valence-electron chi connectivity index (χ2n) is 3.79. The Morgan fingerprint density at radius 1 is 1.31 bits per heavy atom. The Bertz CT molecular complexity index is 375. The Hall–Kier alpha value is -0.930. The molecule has 0 saturated carbocycles. The third-order valence-electron chi connectivity index (χ3n) is 2.69. The smallest absolute Gasteiger partial charge is 0.141 e. The monoisotopic (exact) mass is 242 g/mol. The molecule has 88 valence electrons. The Kier molecular flexibility index (Phi) is 3.56. The van der Waals surface area contributed by atoms with Crippen LogP contribution in [-0.4, -0.2) is 26.9 Å². The third kappa shape index (κ3) is 2.60. The average molecular weight is 243 g/mol. The van der Waals surface area contributed by atoms with Crippen LogP contribution in [0.15, 0.2) is 12.1 Å². The van der Waals surface area contributed by atoms with Gasteiger partial charge in [-0.2, -0.15) is 0 Å². The van der Waals surface area contributed by atoms with E-state index in [0.29, 0.717) is 16.9 Å². The van der Waals surface area contributed by atoms with Gasteiger partial charge >= 0.3 is 0 Å². The maximum absolute atomic E-state index is 6.08. The molecule has 1 aromatic rings. The molecule has 1 unspecified atom stereocenters. The number of rotatable bonds is 5. The highest BCUT2D eigenvalue weighted by Gasteiger charge is 2.22. The van der Waals surface area contributed by atoms with Crippen LogP contribution in [0.1, 0.15) is 12.0 Å². The minimum atomic E-state index is 0.422. The second-order valence-corrected chi connectivity index (χ2v) is 4.20. The molecule has 2 rings (SSSR count). The Balaban J connectivity index is 2.16. The highest BCUT2D eigenvalue weighted by molar-refractivity contribution is 6.32. The fourth-order valence-electron chi connectivity index (χ4n) is 1.67. The van der Waals surface area contributed by atoms with Crippen molar-refractivity contribution in [1.82, 2.24) is 0 Å². The predicted molar refractivity (Wildman–Crippen MR) is 62.6 cm³/mol. The van der Waals surface area contributed by atoms with Crippen molar-refractivity contribution in [2.45, 2.75) is 18.9 Å². The van der Waals surface area contributed by atoms with Gasteiger partial charge in [-0.1, -0.05) is 11.6 Å². The van der Waals surface area contributed by atoms with E-state index < -0.39 is 0 Å². The number of hydrogen-bond acceptors (Lipinski definition) is 3. The van der Waals surface area contributed by atoms with Crippen molar-refractivity contribution >= 4 is 11.6 Å². The van der Waals surface area contributed by atoms with Crippen LogP contribution >= 0.6 is 11.6 Å². The van der Waals surface area contributed by atoms with E-state index in [4.69, 9.17) is 25.8 Å². The molecule has 0 N–H and O–H groups in total. The van der Waals surface area contributed by atoms with E-state index in [1.165, 1.54) is 0 Å². The molecule has 0 aromatic heterocycles. The largest absolute Gasteiger partial charge is 0.496 e. The molecule has 1 aromatic carbocycles. The lowest BCUT2D eigenvalue weighted by Crippen LogP contribution is -1.97. The van der Waals surface area contributed by atoms with E-state index in [1.807, 2.05) is 12.1 Å². The zero-order valence-corrected chi connectivity index (χ0v) is 10.2. The molecule has 0 amide bonds. The van der Waals surface area contributed by atoms with Gasteiger partial charge in [-0.15, -0.1) is 0 Å². The van der Waals surface area contributed by atoms with Gasteiger partial charge in [0, 0.05) is 6.07 Å². The lowest BCUT2D eigenvalue weighted by atomic mass is 10.1. The summed E-state index contributed by atoms with van der Waals surface area (Å²) in [6.45, 7) is 0.881. The molecule has 1 saturated heterocycles. The van der Waals surface area contributed by atoms with Gasteiger partial charge in [0.25, 0.3) is 0 Å². The average Bonchev–Trinajstić information content (AvgIpc) is 3.10. The van der Waals surface area contributed by atoms with Crippen LogP contribution < -0.4 is 9.47 Å². The van der Waals surface area contributed by atoms with Crippen molar-refractivity contribution in [2.75, 3.05) is 20.8 Å². The van der Waals surface area contributed by atoms with Gasteiger partial charge in [0.15, 0.2) is 0 Å². The lowest BCUT2D eigenvalue weighted by molar-refractivity contribution is 0.383. The van der Waals surface area contributed by atoms with E-state index >= 15 is 0 Å². The molecular formula is C12H15ClO3. The SMILES string of the molecule is COc1cc(OC)c(CCC2CO2)cc1Cl. The number of aryl methyl sites for hydroxylation is 1. The molecule has 1 atom stereocenters. The van der Waals surface area contributed by atoms with Crippen molar-refractivity contribution in [3.05, 3.63) is 22.7 Å². The first-order chi connectivity index (χ1) is 7.74. The first-order valence-corrected chi connectivity index (χ1v) is 5.64. The van der Waals surface area contributed by atoms with Crippen LogP contribution in [0, 0.1) is 0 Å². The molecule has 1 heterocycles. The van der Waals surface area contributed by atoms with Gasteiger partial charge in [-0.25, -0.2) is 0 Å². The maximum Gasteiger partial charge on any atom is 0.141 e. The third-order valence-corrected chi connectivity index (χ3v) is 2.99. The molecular weight excluding hydrogens is 228 g/mol. The van der Waals surface area contributed by atoms with Crippen molar-refractivity contribution in [3.63, 3.8) is 0 Å². The van der Waals surface area contributed by atoms with Crippen LogP contribution in [0.4, 0.5) is 0 Å². The van der Waals surface area contributed by atoms with Gasteiger partial charge in [-0.05, 0) is 24.5 Å². The number of epoxide rings is 1. The lowest BCUT2D eigenvalue weighted by Gasteiger charge is -2.11. The molecule has 1 fully saturated rings. The fraction of sp³-hybridized carbons (Fsp3) is 0.500. The van der Waals surface area contributed by atoms with Crippen molar-refractivity contribution in [1.29, 1.82) is 0 Å². The second kappa shape index (κ2) is 4.93. The minimum Gasteiger partial charge on any atom is -0.496 e. The first-order valence-electron chi connectivity index (χ1n) is 5.26. The van der Waals surface area contributed by atoms with Gasteiger partial charge in [-0.3, -0.25) is 0 Å². The number of ether oxygens (including phenoxy) is 3. The summed E-state index contributed by atoms with van der Waals surface area (Å²) in [5.41, 5.74) is 1.10. The summed E-state index contributed by atoms with van der Waals surface area (Å²) in [4.78, 5) is 0. The predicted octanol–water partition coefficient (Wildman–Crippen LogP) is 2.69. The molecule has 1 aliphatic rings. The van der Waals surface area contributed by atoms with E-state index in [9.17, 15) is 0 Å². The van der Waals surface area contributed by atoms with Crippen LogP contribution in [-0.2, 0) is 11.2 Å². The van der Waals surface area contributed by atoms with Crippen molar-refractivity contribution in [2.24, 2.45) is 0 Å². The maximum atomic E-state index is 6.08. The van der Waals surface area contributed by atoms with Gasteiger partial charge in [0.05, 0.1) is 32.0 Å².